The third-order valence-corrected chi connectivity index (χ3v) is 3.13. The molecule has 1 rings (SSSR count). The van der Waals surface area contributed by atoms with Crippen molar-refractivity contribution in [3.8, 4) is 0 Å². The van der Waals surface area contributed by atoms with Crippen LogP contribution in [0, 0.1) is 0 Å². The first-order valence-electron chi connectivity index (χ1n) is 5.78. The molecule has 0 aromatic heterocycles. The number of nitrogens with two attached hydrogens (primary N) is 2. The average molecular weight is 303 g/mol. The number of hydroxylamine groups is 1. The van der Waals surface area contributed by atoms with E-state index in [1.165, 1.54) is 24.3 Å². The van der Waals surface area contributed by atoms with Crippen LogP contribution in [0.1, 0.15) is 10.4 Å². The van der Waals surface area contributed by atoms with Crippen LogP contribution in [0.3, 0.4) is 0 Å². The summed E-state index contributed by atoms with van der Waals surface area (Å²) < 4.78 is 27.1. The molecule has 8 nitrogen and oxygen atoms in total. The molecule has 20 heavy (non-hydrogen) atoms. The van der Waals surface area contributed by atoms with Gasteiger partial charge in [0, 0.05) is 12.1 Å². The van der Waals surface area contributed by atoms with Gasteiger partial charge in [0.1, 0.15) is 0 Å². The van der Waals surface area contributed by atoms with Gasteiger partial charge in [0.05, 0.1) is 24.7 Å². The summed E-state index contributed by atoms with van der Waals surface area (Å²) in [5.41, 5.74) is 7.68. The first-order valence-corrected chi connectivity index (χ1v) is 7.32. The molecule has 0 aliphatic rings. The van der Waals surface area contributed by atoms with E-state index < -0.39 is 15.9 Å². The van der Waals surface area contributed by atoms with E-state index in [9.17, 15) is 13.2 Å². The summed E-state index contributed by atoms with van der Waals surface area (Å²) in [6.45, 7) is 1.33. The van der Waals surface area contributed by atoms with Crippen LogP contribution in [-0.4, -0.2) is 40.7 Å². The van der Waals surface area contributed by atoms with Crippen LogP contribution in [-0.2, 0) is 19.6 Å². The first kappa shape index (κ1) is 16.5. The van der Waals surface area contributed by atoms with Crippen molar-refractivity contribution in [3.05, 3.63) is 29.8 Å². The molecule has 0 fully saturated rings. The first-order chi connectivity index (χ1) is 9.45. The number of rotatable bonds is 8. The molecule has 0 spiro atoms. The minimum absolute atomic E-state index is 0.0647. The summed E-state index contributed by atoms with van der Waals surface area (Å²) in [6, 6.07) is 5.16. The highest BCUT2D eigenvalue weighted by atomic mass is 32.2. The SMILES string of the molecule is NCCOCCONC(=O)c1ccc(S(N)(=O)=O)cc1. The molecule has 0 aliphatic carbocycles. The van der Waals surface area contributed by atoms with Crippen LogP contribution in [0.15, 0.2) is 29.2 Å². The summed E-state index contributed by atoms with van der Waals surface area (Å²) >= 11 is 0. The van der Waals surface area contributed by atoms with E-state index >= 15 is 0 Å². The Morgan fingerprint density at radius 2 is 1.80 bits per heavy atom. The van der Waals surface area contributed by atoms with Gasteiger partial charge in [-0.25, -0.2) is 19.0 Å². The Bertz CT molecular complexity index is 529. The fraction of sp³-hybridized carbons (Fsp3) is 0.364. The molecular weight excluding hydrogens is 286 g/mol. The number of hydrogen-bond donors (Lipinski definition) is 3. The molecule has 0 bridgehead atoms. The van der Waals surface area contributed by atoms with Crippen molar-refractivity contribution in [2.75, 3.05) is 26.4 Å². The predicted molar refractivity (Wildman–Crippen MR) is 71.1 cm³/mol. The number of nitrogens with one attached hydrogen (secondary N) is 1. The molecule has 0 saturated heterocycles. The van der Waals surface area contributed by atoms with E-state index in [1.807, 2.05) is 0 Å². The molecule has 1 amide bonds. The second kappa shape index (κ2) is 7.92. The van der Waals surface area contributed by atoms with Crippen molar-refractivity contribution in [2.24, 2.45) is 10.9 Å². The van der Waals surface area contributed by atoms with Gasteiger partial charge in [-0.3, -0.25) is 9.63 Å². The highest BCUT2D eigenvalue weighted by Crippen LogP contribution is 2.08. The smallest absolute Gasteiger partial charge is 0.274 e. The molecule has 0 unspecified atom stereocenters. The number of carbonyl (C=O) groups is 1. The van der Waals surface area contributed by atoms with Crippen molar-refractivity contribution in [1.82, 2.24) is 5.48 Å². The number of primary sulfonamides is 1. The van der Waals surface area contributed by atoms with Crippen LogP contribution in [0.4, 0.5) is 0 Å². The lowest BCUT2D eigenvalue weighted by Crippen LogP contribution is -2.26. The molecule has 0 heterocycles. The van der Waals surface area contributed by atoms with Crippen molar-refractivity contribution in [1.29, 1.82) is 0 Å². The summed E-state index contributed by atoms with van der Waals surface area (Å²) in [5.74, 6) is -0.496. The number of sulfonamides is 1. The fourth-order valence-electron chi connectivity index (χ4n) is 1.26. The maximum Gasteiger partial charge on any atom is 0.274 e. The van der Waals surface area contributed by atoms with E-state index in [4.69, 9.17) is 20.4 Å². The standard InChI is InChI=1S/C11H17N3O5S/c12-5-6-18-7-8-19-14-11(15)9-1-3-10(4-2-9)20(13,16)17/h1-4H,5-8,12H2,(H,14,15)(H2,13,16,17). The van der Waals surface area contributed by atoms with Gasteiger partial charge in [-0.05, 0) is 24.3 Å². The largest absolute Gasteiger partial charge is 0.378 e. The summed E-state index contributed by atoms with van der Waals surface area (Å²) in [4.78, 5) is 16.4. The Labute approximate surface area is 117 Å². The van der Waals surface area contributed by atoms with Crippen LogP contribution < -0.4 is 16.4 Å². The normalized spacial score (nSPS) is 11.3. The maximum absolute atomic E-state index is 11.6. The fourth-order valence-corrected chi connectivity index (χ4v) is 1.77. The number of hydrogen-bond acceptors (Lipinski definition) is 6. The average Bonchev–Trinajstić information content (AvgIpc) is 2.41. The van der Waals surface area contributed by atoms with Crippen LogP contribution in [0.5, 0.6) is 0 Å². The molecule has 9 heteroatoms. The lowest BCUT2D eigenvalue weighted by atomic mass is 10.2. The molecule has 1 aromatic rings. The Morgan fingerprint density at radius 1 is 1.15 bits per heavy atom. The van der Waals surface area contributed by atoms with Crippen molar-refractivity contribution < 1.29 is 22.8 Å². The zero-order valence-electron chi connectivity index (χ0n) is 10.7. The Morgan fingerprint density at radius 3 is 2.35 bits per heavy atom. The highest BCUT2D eigenvalue weighted by molar-refractivity contribution is 7.89. The van der Waals surface area contributed by atoms with E-state index in [-0.39, 0.29) is 17.1 Å². The van der Waals surface area contributed by atoms with Crippen LogP contribution in [0.25, 0.3) is 0 Å². The zero-order chi connectivity index (χ0) is 15.0. The minimum Gasteiger partial charge on any atom is -0.378 e. The van der Waals surface area contributed by atoms with Crippen molar-refractivity contribution >= 4 is 15.9 Å². The Balaban J connectivity index is 2.40. The molecule has 0 atom stereocenters. The molecule has 1 aromatic carbocycles. The van der Waals surface area contributed by atoms with Crippen LogP contribution >= 0.6 is 0 Å². The van der Waals surface area contributed by atoms with Gasteiger partial charge in [-0.15, -0.1) is 0 Å². The topological polar surface area (TPSA) is 134 Å². The molecule has 0 radical (unpaired) electrons. The van der Waals surface area contributed by atoms with Crippen molar-refractivity contribution in [3.63, 3.8) is 0 Å². The number of carbonyl (C=O) groups excluding carboxylic acids is 1. The number of ether oxygens (including phenoxy) is 1. The van der Waals surface area contributed by atoms with E-state index in [1.54, 1.807) is 0 Å². The van der Waals surface area contributed by atoms with Gasteiger partial charge in [-0.1, -0.05) is 0 Å². The third kappa shape index (κ3) is 5.63. The minimum atomic E-state index is -3.76. The lowest BCUT2D eigenvalue weighted by molar-refractivity contribution is 0.000781. The summed E-state index contributed by atoms with van der Waals surface area (Å²) in [5, 5.41) is 4.95. The summed E-state index contributed by atoms with van der Waals surface area (Å²) in [6.07, 6.45) is 0. The predicted octanol–water partition coefficient (Wildman–Crippen LogP) is -1.03. The molecule has 0 aliphatic heterocycles. The van der Waals surface area contributed by atoms with E-state index in [2.05, 4.69) is 5.48 Å². The Kier molecular flexibility index (Phi) is 6.55. The van der Waals surface area contributed by atoms with Gasteiger partial charge in [0.25, 0.3) is 5.91 Å². The highest BCUT2D eigenvalue weighted by Gasteiger charge is 2.10. The second-order valence-electron chi connectivity index (χ2n) is 3.75. The van der Waals surface area contributed by atoms with Gasteiger partial charge >= 0.3 is 0 Å². The molecular formula is C11H17N3O5S. The monoisotopic (exact) mass is 303 g/mol. The zero-order valence-corrected chi connectivity index (χ0v) is 11.6. The van der Waals surface area contributed by atoms with E-state index in [0.29, 0.717) is 19.8 Å². The van der Waals surface area contributed by atoms with Gasteiger partial charge in [0.2, 0.25) is 10.0 Å². The van der Waals surface area contributed by atoms with Gasteiger partial charge in [0.15, 0.2) is 0 Å². The second-order valence-corrected chi connectivity index (χ2v) is 5.31. The third-order valence-electron chi connectivity index (χ3n) is 2.20. The van der Waals surface area contributed by atoms with Gasteiger partial charge in [-0.2, -0.15) is 0 Å². The Hall–Kier alpha value is -1.52. The number of amides is 1. The van der Waals surface area contributed by atoms with Gasteiger partial charge < -0.3 is 10.5 Å². The van der Waals surface area contributed by atoms with Crippen molar-refractivity contribution in [2.45, 2.75) is 4.90 Å². The molecule has 5 N–H and O–H groups in total. The quantitative estimate of drug-likeness (QED) is 0.415. The number of benzene rings is 1. The maximum atomic E-state index is 11.6. The van der Waals surface area contributed by atoms with E-state index in [0.717, 1.165) is 0 Å². The van der Waals surface area contributed by atoms with Crippen LogP contribution in [0.2, 0.25) is 0 Å². The lowest BCUT2D eigenvalue weighted by Gasteiger charge is -2.06. The summed E-state index contributed by atoms with van der Waals surface area (Å²) in [7, 11) is -3.76. The molecule has 0 saturated carbocycles. The molecule has 112 valence electrons.